The van der Waals surface area contributed by atoms with Crippen molar-refractivity contribution in [2.45, 2.75) is 61.3 Å². The maximum atomic E-state index is 3.00. The van der Waals surface area contributed by atoms with Crippen LogP contribution in [-0.2, 0) is 0 Å². The molecule has 16 heavy (non-hydrogen) atoms. The Morgan fingerprint density at radius 2 is 1.19 bits per heavy atom. The average Bonchev–Trinajstić information content (AvgIpc) is 2.38. The molecule has 0 aromatic rings. The van der Waals surface area contributed by atoms with E-state index in [0.29, 0.717) is 0 Å². The molecule has 0 radical (unpaired) electrons. The molecule has 0 fully saturated rings. The number of rotatable bonds is 2. The zero-order valence-electron chi connectivity index (χ0n) is 13.0. The molecule has 0 N–H and O–H groups in total. The van der Waals surface area contributed by atoms with E-state index in [9.17, 15) is 0 Å². The lowest BCUT2D eigenvalue weighted by Gasteiger charge is -1.95. The molecular formula is C16H36. The third-order valence-corrected chi connectivity index (χ3v) is 1.16. The van der Waals surface area contributed by atoms with Gasteiger partial charge in [0.05, 0.1) is 0 Å². The van der Waals surface area contributed by atoms with Gasteiger partial charge in [0.25, 0.3) is 0 Å². The van der Waals surface area contributed by atoms with E-state index in [1.165, 1.54) is 12.8 Å². The van der Waals surface area contributed by atoms with Crippen LogP contribution < -0.4 is 0 Å². The monoisotopic (exact) mass is 228 g/mol. The molecule has 0 aromatic carbocycles. The summed E-state index contributed by atoms with van der Waals surface area (Å²) in [6.45, 7) is 26.7. The third-order valence-electron chi connectivity index (χ3n) is 1.16. The fourth-order valence-electron chi connectivity index (χ4n) is 0.465. The average molecular weight is 228 g/mol. The first-order chi connectivity index (χ1) is 7.72. The second-order valence-corrected chi connectivity index (χ2v) is 2.62. The summed E-state index contributed by atoms with van der Waals surface area (Å²) in [5.41, 5.74) is 0. The highest BCUT2D eigenvalue weighted by Crippen LogP contribution is 2.00. The van der Waals surface area contributed by atoms with Crippen LogP contribution in [0.3, 0.4) is 0 Å². The highest BCUT2D eigenvalue weighted by molar-refractivity contribution is 4.81. The van der Waals surface area contributed by atoms with Crippen molar-refractivity contribution in [3.05, 3.63) is 38.5 Å². The van der Waals surface area contributed by atoms with E-state index in [1.54, 1.807) is 0 Å². The van der Waals surface area contributed by atoms with Crippen molar-refractivity contribution in [3.8, 4) is 0 Å². The molecule has 0 aliphatic rings. The molecule has 0 heteroatoms. The lowest BCUT2D eigenvalue weighted by Crippen LogP contribution is -1.81. The second kappa shape index (κ2) is 64.2. The predicted molar refractivity (Wildman–Crippen MR) is 84.1 cm³/mol. The summed E-state index contributed by atoms with van der Waals surface area (Å²) in [6.07, 6.45) is 6.83. The highest BCUT2D eigenvalue weighted by atomic mass is 13.9. The Kier molecular flexibility index (Phi) is 118. The molecule has 0 amide bonds. The molecule has 100 valence electrons. The fraction of sp³-hybridized carbons (Fsp3) is 0.625. The van der Waals surface area contributed by atoms with Crippen molar-refractivity contribution < 1.29 is 0 Å². The van der Waals surface area contributed by atoms with Crippen molar-refractivity contribution in [1.29, 1.82) is 0 Å². The smallest absolute Gasteiger partial charge is 0.0265 e. The normalized spacial score (nSPS) is 8.69. The van der Waals surface area contributed by atoms with Gasteiger partial charge in [-0.2, -0.15) is 0 Å². The van der Waals surface area contributed by atoms with Crippen molar-refractivity contribution in [1.82, 2.24) is 0 Å². The Morgan fingerprint density at radius 1 is 0.938 bits per heavy atom. The van der Waals surface area contributed by atoms with Crippen LogP contribution in [0.1, 0.15) is 61.3 Å². The lowest BCUT2D eigenvalue weighted by atomic mass is 10.1. The summed E-state index contributed by atoms with van der Waals surface area (Å²) in [6, 6.07) is 0. The maximum absolute atomic E-state index is 3.00. The molecule has 0 aliphatic carbocycles. The first-order valence-electron chi connectivity index (χ1n) is 6.35. The number of hydrogen-bond acceptors (Lipinski definition) is 0. The van der Waals surface area contributed by atoms with Crippen LogP contribution in [0.4, 0.5) is 0 Å². The zero-order chi connectivity index (χ0) is 14.4. The molecular weight excluding hydrogens is 192 g/mol. The molecule has 0 saturated carbocycles. The molecule has 1 atom stereocenters. The summed E-state index contributed by atoms with van der Waals surface area (Å²) in [5.74, 6) is 0.769. The van der Waals surface area contributed by atoms with Gasteiger partial charge < -0.3 is 0 Å². The minimum absolute atomic E-state index is 0.769. The first kappa shape index (κ1) is 29.5. The van der Waals surface area contributed by atoms with Crippen molar-refractivity contribution in [3.63, 3.8) is 0 Å². The van der Waals surface area contributed by atoms with E-state index in [-0.39, 0.29) is 0 Å². The summed E-state index contributed by atoms with van der Waals surface area (Å²) in [4.78, 5) is 0. The van der Waals surface area contributed by atoms with Gasteiger partial charge in [-0.25, -0.2) is 0 Å². The molecule has 0 heterocycles. The lowest BCUT2D eigenvalue weighted by molar-refractivity contribution is 0.697. The maximum Gasteiger partial charge on any atom is -0.0265 e. The Balaban J connectivity index is -0.0000000379. The topological polar surface area (TPSA) is 0 Å². The van der Waals surface area contributed by atoms with Gasteiger partial charge in [0.1, 0.15) is 0 Å². The van der Waals surface area contributed by atoms with Gasteiger partial charge in [0.15, 0.2) is 0 Å². The molecule has 0 saturated heterocycles. The van der Waals surface area contributed by atoms with Crippen molar-refractivity contribution >= 4 is 0 Å². The van der Waals surface area contributed by atoms with E-state index >= 15 is 0 Å². The SMILES string of the molecule is C=C.C=C.CC.CC=CC(C)CC.CCC. The van der Waals surface area contributed by atoms with Crippen molar-refractivity contribution in [2.75, 3.05) is 0 Å². The van der Waals surface area contributed by atoms with Gasteiger partial charge in [-0.3, -0.25) is 0 Å². The summed E-state index contributed by atoms with van der Waals surface area (Å²) >= 11 is 0. The number of hydrogen-bond donors (Lipinski definition) is 0. The number of allylic oxidation sites excluding steroid dienone is 2. The standard InChI is InChI=1S/C7H14.C3H8.C2H6.2C2H4/c1-4-6-7(3)5-2;1-3-2;3*1-2/h4,6-7H,5H2,1-3H3;3H2,1-2H3;1-2H3;2*1-2H2. The fourth-order valence-corrected chi connectivity index (χ4v) is 0.465. The van der Waals surface area contributed by atoms with Crippen LogP contribution in [0.2, 0.25) is 0 Å². The van der Waals surface area contributed by atoms with Gasteiger partial charge in [0.2, 0.25) is 0 Å². The summed E-state index contributed by atoms with van der Waals surface area (Å²) in [7, 11) is 0. The summed E-state index contributed by atoms with van der Waals surface area (Å²) in [5, 5.41) is 0. The van der Waals surface area contributed by atoms with E-state index < -0.39 is 0 Å². The Labute approximate surface area is 106 Å². The molecule has 0 aromatic heterocycles. The van der Waals surface area contributed by atoms with Crippen LogP contribution in [0.25, 0.3) is 0 Å². The molecule has 0 bridgehead atoms. The van der Waals surface area contributed by atoms with Gasteiger partial charge in [-0.15, -0.1) is 26.3 Å². The van der Waals surface area contributed by atoms with Crippen LogP contribution in [0, 0.1) is 5.92 Å². The van der Waals surface area contributed by atoms with Crippen molar-refractivity contribution in [2.24, 2.45) is 5.92 Å². The minimum Gasteiger partial charge on any atom is -0.106 e. The zero-order valence-corrected chi connectivity index (χ0v) is 13.0. The first-order valence-corrected chi connectivity index (χ1v) is 6.35. The highest BCUT2D eigenvalue weighted by Gasteiger charge is 1.85. The van der Waals surface area contributed by atoms with Gasteiger partial charge >= 0.3 is 0 Å². The summed E-state index contributed by atoms with van der Waals surface area (Å²) < 4.78 is 0. The van der Waals surface area contributed by atoms with Gasteiger partial charge in [-0.05, 0) is 12.8 Å². The van der Waals surface area contributed by atoms with Crippen LogP contribution in [-0.4, -0.2) is 0 Å². The van der Waals surface area contributed by atoms with E-state index in [4.69, 9.17) is 0 Å². The predicted octanol–water partition coefficient (Wildman–Crippen LogP) is 6.66. The Morgan fingerprint density at radius 3 is 1.25 bits per heavy atom. The van der Waals surface area contributed by atoms with E-state index in [0.717, 1.165) is 5.92 Å². The molecule has 0 rings (SSSR count). The van der Waals surface area contributed by atoms with Crippen LogP contribution in [0.5, 0.6) is 0 Å². The van der Waals surface area contributed by atoms with Gasteiger partial charge in [0, 0.05) is 0 Å². The van der Waals surface area contributed by atoms with Gasteiger partial charge in [-0.1, -0.05) is 66.5 Å². The largest absolute Gasteiger partial charge is 0.106 e. The quantitative estimate of drug-likeness (QED) is 0.464. The second-order valence-electron chi connectivity index (χ2n) is 2.62. The molecule has 0 nitrogen and oxygen atoms in total. The van der Waals surface area contributed by atoms with Crippen LogP contribution in [0.15, 0.2) is 38.5 Å². The molecule has 0 aliphatic heterocycles. The van der Waals surface area contributed by atoms with E-state index in [2.05, 4.69) is 73.1 Å². The minimum atomic E-state index is 0.769. The molecule has 1 unspecified atom stereocenters. The van der Waals surface area contributed by atoms with Crippen LogP contribution >= 0.6 is 0 Å². The Bertz CT molecular complexity index is 80.0. The van der Waals surface area contributed by atoms with E-state index in [1.807, 2.05) is 13.8 Å². The molecule has 0 spiro atoms. The Hall–Kier alpha value is -0.780. The third kappa shape index (κ3) is 111.